The monoisotopic (exact) mass is 560 g/mol. The molecule has 1 aromatic carbocycles. The molecule has 40 heavy (non-hydrogen) atoms. The molecule has 4 amide bonds. The number of nitrogens with one attached hydrogen (secondary N) is 2. The first-order chi connectivity index (χ1) is 18.6. The van der Waals surface area contributed by atoms with Gasteiger partial charge in [-0.15, -0.1) is 0 Å². The third-order valence-corrected chi connectivity index (χ3v) is 7.44. The molecule has 0 heterocycles. The van der Waals surface area contributed by atoms with Gasteiger partial charge in [-0.05, 0) is 72.8 Å². The Morgan fingerprint density at radius 2 is 1.73 bits per heavy atom. The van der Waals surface area contributed by atoms with Crippen LogP contribution in [0.25, 0.3) is 0 Å². The first kappa shape index (κ1) is 32.9. The predicted molar refractivity (Wildman–Crippen MR) is 153 cm³/mol. The molecule has 0 aromatic heterocycles. The number of para-hydroxylation sites is 1. The number of nitrogens with two attached hydrogens (primary N) is 1. The Bertz CT molecular complexity index is 1060. The molecule has 0 aliphatic heterocycles. The van der Waals surface area contributed by atoms with E-state index in [2.05, 4.69) is 10.6 Å². The van der Waals surface area contributed by atoms with E-state index in [1.165, 1.54) is 4.90 Å². The third-order valence-electron chi connectivity index (χ3n) is 7.44. The largest absolute Gasteiger partial charge is 0.507 e. The molecule has 1 fully saturated rings. The van der Waals surface area contributed by atoms with E-state index < -0.39 is 47.0 Å². The van der Waals surface area contributed by atoms with Crippen LogP contribution in [0.2, 0.25) is 0 Å². The molecule has 2 rings (SSSR count). The number of primary amides is 1. The number of alkyl carbamates (subject to hydrolysis) is 1. The van der Waals surface area contributed by atoms with Crippen LogP contribution in [-0.4, -0.2) is 57.0 Å². The van der Waals surface area contributed by atoms with Crippen molar-refractivity contribution >= 4 is 23.8 Å². The van der Waals surface area contributed by atoms with Crippen molar-refractivity contribution in [3.8, 4) is 5.75 Å². The molecular formula is C30H48N4O6. The topological polar surface area (TPSA) is 151 Å². The second kappa shape index (κ2) is 13.9. The van der Waals surface area contributed by atoms with E-state index in [1.807, 2.05) is 20.8 Å². The van der Waals surface area contributed by atoms with Gasteiger partial charge in [0.2, 0.25) is 17.7 Å². The van der Waals surface area contributed by atoms with Crippen molar-refractivity contribution in [3.63, 3.8) is 0 Å². The standard InChI is InChI=1S/C30H48N4O6/c1-8-30(6,7)34(27(38)22(17-18-23(31)35)33-28(39)40-29(3,4)5)24(21-16-12-13-19(2)25(21)36)26(37)32-20-14-10-9-11-15-20/h12-13,16,20,22,24,36H,8-11,14-15,17-18H2,1-7H3,(H2,31,35)(H,32,37)(H,33,39). The lowest BCUT2D eigenvalue weighted by atomic mass is 9.89. The molecule has 1 saturated carbocycles. The smallest absolute Gasteiger partial charge is 0.408 e. The summed E-state index contributed by atoms with van der Waals surface area (Å²) in [5.41, 5.74) is 4.54. The minimum atomic E-state index is -1.20. The summed E-state index contributed by atoms with van der Waals surface area (Å²) in [6.07, 6.45) is 4.18. The van der Waals surface area contributed by atoms with E-state index in [-0.39, 0.29) is 30.2 Å². The fourth-order valence-electron chi connectivity index (χ4n) is 4.93. The first-order valence-corrected chi connectivity index (χ1v) is 14.3. The van der Waals surface area contributed by atoms with E-state index in [4.69, 9.17) is 10.5 Å². The van der Waals surface area contributed by atoms with Crippen LogP contribution in [0.3, 0.4) is 0 Å². The van der Waals surface area contributed by atoms with Crippen LogP contribution >= 0.6 is 0 Å². The van der Waals surface area contributed by atoms with Crippen LogP contribution in [0.1, 0.15) is 110 Å². The lowest BCUT2D eigenvalue weighted by molar-refractivity contribution is -0.150. The number of hydrogen-bond donors (Lipinski definition) is 4. The molecule has 0 radical (unpaired) electrons. The number of carbonyl (C=O) groups is 4. The summed E-state index contributed by atoms with van der Waals surface area (Å²) in [4.78, 5) is 54.4. The second-order valence-corrected chi connectivity index (χ2v) is 12.3. The van der Waals surface area contributed by atoms with Crippen LogP contribution in [0.5, 0.6) is 5.75 Å². The average Bonchev–Trinajstić information content (AvgIpc) is 2.85. The fraction of sp³-hybridized carbons (Fsp3) is 0.667. The van der Waals surface area contributed by atoms with Gasteiger partial charge in [0.05, 0.1) is 0 Å². The van der Waals surface area contributed by atoms with Gasteiger partial charge in [0.1, 0.15) is 23.4 Å². The molecule has 1 aliphatic rings. The normalized spacial score (nSPS) is 16.0. The van der Waals surface area contributed by atoms with E-state index in [1.54, 1.807) is 45.9 Å². The summed E-state index contributed by atoms with van der Waals surface area (Å²) in [6.45, 7) is 12.4. The molecule has 10 nitrogen and oxygen atoms in total. The van der Waals surface area contributed by atoms with Crippen LogP contribution in [-0.2, 0) is 19.1 Å². The van der Waals surface area contributed by atoms with E-state index >= 15 is 0 Å². The lowest BCUT2D eigenvalue weighted by Crippen LogP contribution is -2.60. The molecule has 0 saturated heterocycles. The highest BCUT2D eigenvalue weighted by Gasteiger charge is 2.44. The summed E-state index contributed by atoms with van der Waals surface area (Å²) in [5.74, 6) is -1.70. The van der Waals surface area contributed by atoms with Crippen molar-refractivity contribution in [3.05, 3.63) is 29.3 Å². The number of ether oxygens (including phenoxy) is 1. The van der Waals surface area contributed by atoms with Crippen molar-refractivity contribution in [1.29, 1.82) is 0 Å². The third kappa shape index (κ3) is 9.13. The Balaban J connectivity index is 2.63. The maximum atomic E-state index is 14.4. The van der Waals surface area contributed by atoms with Crippen LogP contribution in [0, 0.1) is 6.92 Å². The van der Waals surface area contributed by atoms with Crippen molar-refractivity contribution < 1.29 is 29.0 Å². The van der Waals surface area contributed by atoms with E-state index in [0.717, 1.165) is 32.1 Å². The molecule has 0 spiro atoms. The van der Waals surface area contributed by atoms with Gasteiger partial charge >= 0.3 is 6.09 Å². The van der Waals surface area contributed by atoms with E-state index in [9.17, 15) is 24.3 Å². The van der Waals surface area contributed by atoms with Gasteiger partial charge in [0.25, 0.3) is 0 Å². The zero-order chi connectivity index (χ0) is 30.3. The summed E-state index contributed by atoms with van der Waals surface area (Å²) < 4.78 is 5.39. The van der Waals surface area contributed by atoms with Crippen molar-refractivity contribution in [2.45, 2.75) is 129 Å². The Labute approximate surface area is 238 Å². The molecule has 5 N–H and O–H groups in total. The highest BCUT2D eigenvalue weighted by atomic mass is 16.6. The SMILES string of the molecule is CCC(C)(C)N(C(=O)C(CCC(N)=O)NC(=O)OC(C)(C)C)C(C(=O)NC1CCCCC1)c1cccc(C)c1O. The number of phenolic OH excluding ortho intramolecular Hbond substituents is 1. The summed E-state index contributed by atoms with van der Waals surface area (Å²) in [7, 11) is 0. The number of carbonyl (C=O) groups excluding carboxylic acids is 4. The Morgan fingerprint density at radius 3 is 2.27 bits per heavy atom. The van der Waals surface area contributed by atoms with Gasteiger partial charge in [-0.2, -0.15) is 0 Å². The molecule has 1 aromatic rings. The number of aryl methyl sites for hydroxylation is 1. The van der Waals surface area contributed by atoms with Gasteiger partial charge in [-0.3, -0.25) is 14.4 Å². The number of amides is 4. The fourth-order valence-corrected chi connectivity index (χ4v) is 4.93. The minimum absolute atomic E-state index is 0.0389. The maximum absolute atomic E-state index is 14.4. The Morgan fingerprint density at radius 1 is 1.10 bits per heavy atom. The number of phenols is 1. The average molecular weight is 561 g/mol. The summed E-state index contributed by atoms with van der Waals surface area (Å²) in [5, 5.41) is 16.8. The van der Waals surface area contributed by atoms with Crippen molar-refractivity contribution in [1.82, 2.24) is 15.5 Å². The van der Waals surface area contributed by atoms with Crippen molar-refractivity contribution in [2.75, 3.05) is 0 Å². The van der Waals surface area contributed by atoms with E-state index in [0.29, 0.717) is 12.0 Å². The quantitative estimate of drug-likeness (QED) is 0.316. The predicted octanol–water partition coefficient (Wildman–Crippen LogP) is 4.37. The highest BCUT2D eigenvalue weighted by Crippen LogP contribution is 2.37. The van der Waals surface area contributed by atoms with Gasteiger partial charge < -0.3 is 31.1 Å². The number of aromatic hydroxyl groups is 1. The molecule has 2 atom stereocenters. The second-order valence-electron chi connectivity index (χ2n) is 12.3. The van der Waals surface area contributed by atoms with Crippen LogP contribution < -0.4 is 16.4 Å². The highest BCUT2D eigenvalue weighted by molar-refractivity contribution is 5.93. The van der Waals surface area contributed by atoms with Crippen molar-refractivity contribution in [2.24, 2.45) is 5.73 Å². The van der Waals surface area contributed by atoms with Gasteiger partial charge in [0, 0.05) is 23.6 Å². The van der Waals surface area contributed by atoms with Gasteiger partial charge in [0.15, 0.2) is 0 Å². The molecule has 2 unspecified atom stereocenters. The zero-order valence-corrected chi connectivity index (χ0v) is 25.1. The molecule has 0 bridgehead atoms. The number of rotatable bonds is 11. The van der Waals surface area contributed by atoms with Crippen LogP contribution in [0.15, 0.2) is 18.2 Å². The number of nitrogens with zero attached hydrogens (tertiary/aromatic N) is 1. The van der Waals surface area contributed by atoms with Gasteiger partial charge in [-0.25, -0.2) is 4.79 Å². The molecule has 224 valence electrons. The minimum Gasteiger partial charge on any atom is -0.507 e. The first-order valence-electron chi connectivity index (χ1n) is 14.3. The molecular weight excluding hydrogens is 512 g/mol. The Hall–Kier alpha value is -3.30. The zero-order valence-electron chi connectivity index (χ0n) is 25.1. The Kier molecular flexibility index (Phi) is 11.4. The number of hydrogen-bond acceptors (Lipinski definition) is 6. The maximum Gasteiger partial charge on any atom is 0.408 e. The molecule has 10 heteroatoms. The number of benzene rings is 1. The summed E-state index contributed by atoms with van der Waals surface area (Å²) >= 11 is 0. The van der Waals surface area contributed by atoms with Gasteiger partial charge in [-0.1, -0.05) is 44.4 Å². The lowest BCUT2D eigenvalue weighted by Gasteiger charge is -2.45. The summed E-state index contributed by atoms with van der Waals surface area (Å²) in [6, 6.07) is 2.66. The van der Waals surface area contributed by atoms with Crippen LogP contribution in [0.4, 0.5) is 4.79 Å². The molecule has 1 aliphatic carbocycles.